The molecule has 0 aliphatic carbocycles. The van der Waals surface area contributed by atoms with Gasteiger partial charge in [0.05, 0.1) is 12.7 Å². The molecule has 0 saturated heterocycles. The molecule has 2 aromatic rings. The highest BCUT2D eigenvalue weighted by Crippen LogP contribution is 2.22. The molecule has 0 aromatic heterocycles. The topological polar surface area (TPSA) is 61.8 Å². The van der Waals surface area contributed by atoms with Gasteiger partial charge in [-0.2, -0.15) is 8.78 Å². The van der Waals surface area contributed by atoms with Gasteiger partial charge < -0.3 is 14.2 Å². The number of hydrogen-bond acceptors (Lipinski definition) is 5. The number of methoxy groups -OCH3 is 1. The van der Waals surface area contributed by atoms with Crippen molar-refractivity contribution in [3.8, 4) is 11.5 Å². The van der Waals surface area contributed by atoms with E-state index in [1.165, 1.54) is 55.6 Å². The molecule has 2 rings (SSSR count). The molecule has 0 aliphatic rings. The fraction of sp³-hybridized carbons (Fsp3) is 0.125. The molecule has 0 fully saturated rings. The molecule has 0 aliphatic heterocycles. The summed E-state index contributed by atoms with van der Waals surface area (Å²) in [6.07, 6.45) is 0. The highest BCUT2D eigenvalue weighted by atomic mass is 19.3. The van der Waals surface area contributed by atoms with Gasteiger partial charge in [0.2, 0.25) is 0 Å². The summed E-state index contributed by atoms with van der Waals surface area (Å²) in [7, 11) is 1.25. The molecule has 0 radical (unpaired) electrons. The first-order valence-electron chi connectivity index (χ1n) is 6.45. The van der Waals surface area contributed by atoms with Gasteiger partial charge in [-0.15, -0.1) is 0 Å². The van der Waals surface area contributed by atoms with Crippen LogP contribution >= 0.6 is 0 Å². The Morgan fingerprint density at radius 1 is 0.957 bits per heavy atom. The molecular formula is C16H12F2O5. The van der Waals surface area contributed by atoms with Crippen LogP contribution in [0.5, 0.6) is 11.5 Å². The predicted molar refractivity (Wildman–Crippen MR) is 75.8 cm³/mol. The van der Waals surface area contributed by atoms with Crippen LogP contribution in [0.4, 0.5) is 8.78 Å². The second-order valence-corrected chi connectivity index (χ2v) is 4.28. The van der Waals surface area contributed by atoms with E-state index >= 15 is 0 Å². The monoisotopic (exact) mass is 322 g/mol. The van der Waals surface area contributed by atoms with E-state index in [9.17, 15) is 18.4 Å². The van der Waals surface area contributed by atoms with Crippen LogP contribution in [0.1, 0.15) is 20.7 Å². The number of carbonyl (C=O) groups excluding carboxylic acids is 2. The quantitative estimate of drug-likeness (QED) is 0.624. The SMILES string of the molecule is COC(=O)c1ccc(OC(=O)c2ccccc2OC(F)F)cc1. The number of ether oxygens (including phenoxy) is 3. The van der Waals surface area contributed by atoms with Gasteiger partial charge in [-0.1, -0.05) is 12.1 Å². The Morgan fingerprint density at radius 2 is 1.61 bits per heavy atom. The lowest BCUT2D eigenvalue weighted by molar-refractivity contribution is -0.0503. The molecule has 0 N–H and O–H groups in total. The van der Waals surface area contributed by atoms with Crippen molar-refractivity contribution in [1.82, 2.24) is 0 Å². The van der Waals surface area contributed by atoms with E-state index in [4.69, 9.17) is 4.74 Å². The largest absolute Gasteiger partial charge is 0.465 e. The van der Waals surface area contributed by atoms with Crippen molar-refractivity contribution < 1.29 is 32.6 Å². The summed E-state index contributed by atoms with van der Waals surface area (Å²) >= 11 is 0. The summed E-state index contributed by atoms with van der Waals surface area (Å²) in [4.78, 5) is 23.4. The Labute approximate surface area is 130 Å². The van der Waals surface area contributed by atoms with Crippen LogP contribution in [0.3, 0.4) is 0 Å². The number of rotatable bonds is 5. The minimum Gasteiger partial charge on any atom is -0.465 e. The maximum absolute atomic E-state index is 12.3. The third-order valence-electron chi connectivity index (χ3n) is 2.81. The van der Waals surface area contributed by atoms with Crippen LogP contribution < -0.4 is 9.47 Å². The molecule has 120 valence electrons. The number of alkyl halides is 2. The summed E-state index contributed by atoms with van der Waals surface area (Å²) in [5.41, 5.74) is 0.151. The Balaban J connectivity index is 2.15. The Kier molecular flexibility index (Phi) is 5.24. The molecule has 0 bridgehead atoms. The van der Waals surface area contributed by atoms with Crippen molar-refractivity contribution in [2.45, 2.75) is 6.61 Å². The van der Waals surface area contributed by atoms with Crippen molar-refractivity contribution >= 4 is 11.9 Å². The van der Waals surface area contributed by atoms with Gasteiger partial charge in [0, 0.05) is 0 Å². The van der Waals surface area contributed by atoms with E-state index in [-0.39, 0.29) is 22.6 Å². The fourth-order valence-electron chi connectivity index (χ4n) is 1.77. The van der Waals surface area contributed by atoms with Crippen LogP contribution in [-0.4, -0.2) is 25.7 Å². The Hall–Kier alpha value is -2.96. The second kappa shape index (κ2) is 7.35. The maximum Gasteiger partial charge on any atom is 0.387 e. The molecule has 23 heavy (non-hydrogen) atoms. The Bertz CT molecular complexity index is 698. The maximum atomic E-state index is 12.3. The van der Waals surface area contributed by atoms with E-state index in [1.54, 1.807) is 0 Å². The number of halogens is 2. The number of benzene rings is 2. The highest BCUT2D eigenvalue weighted by molar-refractivity contribution is 5.94. The lowest BCUT2D eigenvalue weighted by atomic mass is 10.2. The molecule has 0 spiro atoms. The van der Waals surface area contributed by atoms with Crippen molar-refractivity contribution in [1.29, 1.82) is 0 Å². The standard InChI is InChI=1S/C16H12F2O5/c1-21-14(19)10-6-8-11(9-7-10)22-15(20)12-4-2-3-5-13(12)23-16(17)18/h2-9,16H,1H3. The van der Waals surface area contributed by atoms with Gasteiger partial charge in [-0.3, -0.25) is 0 Å². The first-order valence-corrected chi connectivity index (χ1v) is 6.45. The van der Waals surface area contributed by atoms with E-state index < -0.39 is 18.6 Å². The molecule has 0 unspecified atom stereocenters. The van der Waals surface area contributed by atoms with Crippen LogP contribution in [0, 0.1) is 0 Å². The van der Waals surface area contributed by atoms with Crippen LogP contribution in [0.25, 0.3) is 0 Å². The van der Waals surface area contributed by atoms with Crippen LogP contribution in [0.2, 0.25) is 0 Å². The normalized spacial score (nSPS) is 10.3. The van der Waals surface area contributed by atoms with E-state index in [2.05, 4.69) is 9.47 Å². The van der Waals surface area contributed by atoms with E-state index in [0.717, 1.165) is 0 Å². The van der Waals surface area contributed by atoms with Crippen molar-refractivity contribution in [2.75, 3.05) is 7.11 Å². The van der Waals surface area contributed by atoms with E-state index in [0.29, 0.717) is 0 Å². The molecule has 0 saturated carbocycles. The highest BCUT2D eigenvalue weighted by Gasteiger charge is 2.17. The number of esters is 2. The average Bonchev–Trinajstić information content (AvgIpc) is 2.54. The zero-order valence-electron chi connectivity index (χ0n) is 12.0. The number of hydrogen-bond donors (Lipinski definition) is 0. The predicted octanol–water partition coefficient (Wildman–Crippen LogP) is 3.29. The second-order valence-electron chi connectivity index (χ2n) is 4.28. The van der Waals surface area contributed by atoms with Crippen molar-refractivity contribution in [2.24, 2.45) is 0 Å². The van der Waals surface area contributed by atoms with Gasteiger partial charge in [-0.05, 0) is 36.4 Å². The summed E-state index contributed by atoms with van der Waals surface area (Å²) in [6.45, 7) is -3.05. The molecule has 0 heterocycles. The summed E-state index contributed by atoms with van der Waals surface area (Å²) in [5.74, 6) is -1.51. The lowest BCUT2D eigenvalue weighted by Crippen LogP contribution is -2.12. The van der Waals surface area contributed by atoms with Gasteiger partial charge >= 0.3 is 18.6 Å². The minimum atomic E-state index is -3.05. The zero-order valence-corrected chi connectivity index (χ0v) is 12.0. The first kappa shape index (κ1) is 16.4. The molecule has 2 aromatic carbocycles. The lowest BCUT2D eigenvalue weighted by Gasteiger charge is -2.10. The average molecular weight is 322 g/mol. The van der Waals surface area contributed by atoms with Crippen molar-refractivity contribution in [3.05, 3.63) is 59.7 Å². The summed E-state index contributed by atoms with van der Waals surface area (Å²) < 4.78 is 38.5. The fourth-order valence-corrected chi connectivity index (χ4v) is 1.77. The zero-order chi connectivity index (χ0) is 16.8. The van der Waals surface area contributed by atoms with Gasteiger partial charge in [0.15, 0.2) is 0 Å². The van der Waals surface area contributed by atoms with Crippen LogP contribution in [-0.2, 0) is 4.74 Å². The van der Waals surface area contributed by atoms with E-state index in [1.807, 2.05) is 0 Å². The smallest absolute Gasteiger partial charge is 0.387 e. The third kappa shape index (κ3) is 4.26. The van der Waals surface area contributed by atoms with Crippen molar-refractivity contribution in [3.63, 3.8) is 0 Å². The minimum absolute atomic E-state index is 0.134. The molecule has 0 atom stereocenters. The first-order chi connectivity index (χ1) is 11.0. The van der Waals surface area contributed by atoms with Crippen LogP contribution in [0.15, 0.2) is 48.5 Å². The molecule has 0 amide bonds. The van der Waals surface area contributed by atoms with Gasteiger partial charge in [0.1, 0.15) is 17.1 Å². The molecule has 7 heteroatoms. The summed E-state index contributed by atoms with van der Waals surface area (Å²) in [6, 6.07) is 11.1. The molecule has 5 nitrogen and oxygen atoms in total. The molecular weight excluding hydrogens is 310 g/mol. The number of carbonyl (C=O) groups is 2. The summed E-state index contributed by atoms with van der Waals surface area (Å²) in [5, 5.41) is 0. The third-order valence-corrected chi connectivity index (χ3v) is 2.81. The Morgan fingerprint density at radius 3 is 2.22 bits per heavy atom. The van der Waals surface area contributed by atoms with Gasteiger partial charge in [0.25, 0.3) is 0 Å². The number of para-hydroxylation sites is 1. The van der Waals surface area contributed by atoms with Gasteiger partial charge in [-0.25, -0.2) is 9.59 Å².